The van der Waals surface area contributed by atoms with Crippen molar-refractivity contribution in [2.24, 2.45) is 0 Å². The van der Waals surface area contributed by atoms with Crippen molar-refractivity contribution in [1.82, 2.24) is 0 Å². The topological polar surface area (TPSA) is 44.1 Å². The molecule has 25 heavy (non-hydrogen) atoms. The van der Waals surface area contributed by atoms with Gasteiger partial charge >= 0.3 is 0 Å². The molecule has 3 nitrogen and oxygen atoms in total. The number of thioether (sulfide) groups is 2. The fraction of sp³-hybridized carbons (Fsp3) is 0.111. The van der Waals surface area contributed by atoms with E-state index >= 15 is 0 Å². The number of nitrogens with zero attached hydrogens (tertiary/aromatic N) is 2. The van der Waals surface area contributed by atoms with Crippen LogP contribution in [0.3, 0.4) is 0 Å². The lowest BCUT2D eigenvalue weighted by atomic mass is 10.2. The highest BCUT2D eigenvalue weighted by Crippen LogP contribution is 2.46. The van der Waals surface area contributed by atoms with Crippen molar-refractivity contribution in [1.29, 1.82) is 5.26 Å². The maximum Gasteiger partial charge on any atom is 0.186 e. The van der Waals surface area contributed by atoms with E-state index in [1.165, 1.54) is 23.5 Å². The Bertz CT molecular complexity index is 901. The summed E-state index contributed by atoms with van der Waals surface area (Å²) < 4.78 is 0. The van der Waals surface area contributed by atoms with E-state index in [4.69, 9.17) is 23.2 Å². The van der Waals surface area contributed by atoms with Gasteiger partial charge in [-0.3, -0.25) is 4.79 Å². The van der Waals surface area contributed by atoms with Crippen LogP contribution in [0.1, 0.15) is 0 Å². The molecule has 1 aliphatic heterocycles. The number of Topliss-reactive ketones (excluding diaryl/α,β-unsaturated/α-hetero) is 1. The summed E-state index contributed by atoms with van der Waals surface area (Å²) in [5, 5.41) is 11.2. The van der Waals surface area contributed by atoms with Crippen LogP contribution < -0.4 is 4.90 Å². The zero-order valence-electron chi connectivity index (χ0n) is 13.1. The summed E-state index contributed by atoms with van der Waals surface area (Å²) in [6.07, 6.45) is 0. The first-order valence-corrected chi connectivity index (χ1v) is 9.83. The summed E-state index contributed by atoms with van der Waals surface area (Å²) in [6.45, 7) is 0. The third kappa shape index (κ3) is 3.68. The van der Waals surface area contributed by atoms with Crippen LogP contribution >= 0.6 is 46.7 Å². The van der Waals surface area contributed by atoms with E-state index in [9.17, 15) is 10.1 Å². The second-order valence-corrected chi connectivity index (χ2v) is 8.01. The SMILES string of the molecule is CN1/C(=C(\C#N)C(=O)CSc2c(Cl)cccc2Cl)Sc2ccccc21. The number of benzene rings is 2. The van der Waals surface area contributed by atoms with Gasteiger partial charge in [0.05, 0.1) is 21.5 Å². The largest absolute Gasteiger partial charge is 0.337 e. The highest BCUT2D eigenvalue weighted by Gasteiger charge is 2.27. The summed E-state index contributed by atoms with van der Waals surface area (Å²) in [6, 6.07) is 15.1. The number of carbonyl (C=O) groups is 1. The molecule has 0 N–H and O–H groups in total. The molecule has 0 radical (unpaired) electrons. The van der Waals surface area contributed by atoms with Gasteiger partial charge in [0.2, 0.25) is 0 Å². The fourth-order valence-corrected chi connectivity index (χ4v) is 5.10. The summed E-state index contributed by atoms with van der Waals surface area (Å²) in [5.74, 6) is -0.147. The third-order valence-corrected chi connectivity index (χ3v) is 6.83. The van der Waals surface area contributed by atoms with Crippen molar-refractivity contribution in [3.8, 4) is 6.07 Å². The molecule has 2 aromatic carbocycles. The normalized spacial score (nSPS) is 14.9. The molecule has 0 spiro atoms. The summed E-state index contributed by atoms with van der Waals surface area (Å²) in [7, 11) is 1.86. The van der Waals surface area contributed by atoms with Crippen molar-refractivity contribution in [3.63, 3.8) is 0 Å². The van der Waals surface area contributed by atoms with Crippen molar-refractivity contribution >= 4 is 58.2 Å². The second-order valence-electron chi connectivity index (χ2n) is 5.18. The molecule has 0 unspecified atom stereocenters. The average molecular weight is 407 g/mol. The highest BCUT2D eigenvalue weighted by atomic mass is 35.5. The maximum absolute atomic E-state index is 12.6. The van der Waals surface area contributed by atoms with Gasteiger partial charge in [-0.1, -0.05) is 53.2 Å². The fourth-order valence-electron chi connectivity index (χ4n) is 2.38. The Kier molecular flexibility index (Phi) is 5.65. The summed E-state index contributed by atoms with van der Waals surface area (Å²) in [5.41, 5.74) is 1.14. The zero-order chi connectivity index (χ0) is 18.0. The molecule has 1 heterocycles. The van der Waals surface area contributed by atoms with E-state index in [1.54, 1.807) is 18.2 Å². The minimum atomic E-state index is -0.245. The van der Waals surface area contributed by atoms with E-state index in [0.29, 0.717) is 20.0 Å². The van der Waals surface area contributed by atoms with Crippen LogP contribution in [0.5, 0.6) is 0 Å². The van der Waals surface area contributed by atoms with Crippen molar-refractivity contribution in [2.45, 2.75) is 9.79 Å². The molecule has 0 saturated carbocycles. The quantitative estimate of drug-likeness (QED) is 0.373. The molecule has 0 amide bonds. The monoisotopic (exact) mass is 406 g/mol. The molecule has 7 heteroatoms. The lowest BCUT2D eigenvalue weighted by Gasteiger charge is -2.14. The van der Waals surface area contributed by atoms with Crippen LogP contribution in [-0.2, 0) is 4.79 Å². The average Bonchev–Trinajstić information content (AvgIpc) is 2.92. The van der Waals surface area contributed by atoms with Crippen molar-refractivity contribution in [3.05, 3.63) is 63.1 Å². The Morgan fingerprint density at radius 1 is 1.20 bits per heavy atom. The number of fused-ring (bicyclic) bond motifs is 1. The second kappa shape index (κ2) is 7.76. The lowest BCUT2D eigenvalue weighted by molar-refractivity contribution is -0.112. The Morgan fingerprint density at radius 2 is 1.88 bits per heavy atom. The number of para-hydroxylation sites is 1. The van der Waals surface area contributed by atoms with E-state index in [-0.39, 0.29) is 17.1 Å². The van der Waals surface area contributed by atoms with E-state index in [0.717, 1.165) is 10.6 Å². The van der Waals surface area contributed by atoms with Crippen LogP contribution in [0.25, 0.3) is 0 Å². The van der Waals surface area contributed by atoms with Crippen LogP contribution in [-0.4, -0.2) is 18.6 Å². The molecule has 0 atom stereocenters. The van der Waals surface area contributed by atoms with Crippen molar-refractivity contribution in [2.75, 3.05) is 17.7 Å². The van der Waals surface area contributed by atoms with E-state index < -0.39 is 0 Å². The van der Waals surface area contributed by atoms with Gasteiger partial charge in [-0.15, -0.1) is 11.8 Å². The van der Waals surface area contributed by atoms with Gasteiger partial charge in [0.15, 0.2) is 5.78 Å². The smallest absolute Gasteiger partial charge is 0.186 e. The Hall–Kier alpha value is -1.58. The van der Waals surface area contributed by atoms with Crippen LogP contribution in [0.4, 0.5) is 5.69 Å². The van der Waals surface area contributed by atoms with Gasteiger partial charge in [0, 0.05) is 16.8 Å². The number of rotatable bonds is 4. The Balaban J connectivity index is 1.83. The first-order chi connectivity index (χ1) is 12.0. The predicted molar refractivity (Wildman–Crippen MR) is 106 cm³/mol. The minimum Gasteiger partial charge on any atom is -0.337 e. The molecule has 0 aliphatic carbocycles. The number of hydrogen-bond acceptors (Lipinski definition) is 5. The number of halogens is 2. The van der Waals surface area contributed by atoms with Crippen LogP contribution in [0.15, 0.2) is 62.9 Å². The van der Waals surface area contributed by atoms with Gasteiger partial charge < -0.3 is 4.90 Å². The molecular weight excluding hydrogens is 395 g/mol. The number of anilines is 1. The van der Waals surface area contributed by atoms with Crippen LogP contribution in [0, 0.1) is 11.3 Å². The van der Waals surface area contributed by atoms with Gasteiger partial charge in [-0.2, -0.15) is 5.26 Å². The van der Waals surface area contributed by atoms with Crippen LogP contribution in [0.2, 0.25) is 10.0 Å². The number of carbonyl (C=O) groups excluding carboxylic acids is 1. The number of allylic oxidation sites excluding steroid dienone is 1. The standard InChI is InChI=1S/C18H12Cl2N2OS2/c1-22-14-7-2-3-8-16(14)25-18(22)11(9-21)15(23)10-24-17-12(19)5-4-6-13(17)20/h2-8H,10H2,1H3/b18-11-. The predicted octanol–water partition coefficient (Wildman–Crippen LogP) is 5.63. The molecule has 2 aromatic rings. The molecule has 126 valence electrons. The molecule has 0 saturated heterocycles. The molecule has 3 rings (SSSR count). The van der Waals surface area contributed by atoms with Gasteiger partial charge in [0.25, 0.3) is 0 Å². The Labute approximate surface area is 164 Å². The first kappa shape index (κ1) is 18.2. The third-order valence-electron chi connectivity index (χ3n) is 3.61. The van der Waals surface area contributed by atoms with E-state index in [2.05, 4.69) is 6.07 Å². The number of ketones is 1. The first-order valence-electron chi connectivity index (χ1n) is 7.28. The molecule has 1 aliphatic rings. The lowest BCUT2D eigenvalue weighted by Crippen LogP contribution is -2.16. The zero-order valence-corrected chi connectivity index (χ0v) is 16.3. The van der Waals surface area contributed by atoms with Gasteiger partial charge in [0.1, 0.15) is 16.7 Å². The number of hydrogen-bond donors (Lipinski definition) is 0. The van der Waals surface area contributed by atoms with Crippen molar-refractivity contribution < 1.29 is 4.79 Å². The maximum atomic E-state index is 12.6. The van der Waals surface area contributed by atoms with E-state index in [1.807, 2.05) is 36.2 Å². The minimum absolute atomic E-state index is 0.0978. The molecule has 0 fully saturated rings. The Morgan fingerprint density at radius 3 is 2.52 bits per heavy atom. The van der Waals surface area contributed by atoms with Gasteiger partial charge in [-0.05, 0) is 24.3 Å². The molecule has 0 aromatic heterocycles. The molecule has 0 bridgehead atoms. The summed E-state index contributed by atoms with van der Waals surface area (Å²) >= 11 is 14.9. The summed E-state index contributed by atoms with van der Waals surface area (Å²) in [4.78, 5) is 16.2. The van der Waals surface area contributed by atoms with Gasteiger partial charge in [-0.25, -0.2) is 0 Å². The number of nitriles is 1. The molecular formula is C18H12Cl2N2OS2. The highest BCUT2D eigenvalue weighted by molar-refractivity contribution is 8.03.